The Labute approximate surface area is 137 Å². The van der Waals surface area contributed by atoms with E-state index in [9.17, 15) is 18.0 Å². The first-order chi connectivity index (χ1) is 11.4. The maximum Gasteiger partial charge on any atom is 0.417 e. The third-order valence-corrected chi connectivity index (χ3v) is 5.81. The van der Waals surface area contributed by atoms with Crippen molar-refractivity contribution in [1.82, 2.24) is 14.2 Å². The van der Waals surface area contributed by atoms with Gasteiger partial charge in [0, 0.05) is 32.2 Å². The minimum absolute atomic E-state index is 0.0456. The summed E-state index contributed by atoms with van der Waals surface area (Å²) in [5.41, 5.74) is 0.624. The highest BCUT2D eigenvalue weighted by Gasteiger charge is 2.29. The number of methoxy groups -OCH3 is 1. The molecule has 2 heterocycles. The number of aromatic amines is 1. The highest BCUT2D eigenvalue weighted by atomic mass is 32.2. The molecule has 2 aromatic rings. The van der Waals surface area contributed by atoms with Gasteiger partial charge >= 0.3 is 11.8 Å². The van der Waals surface area contributed by atoms with Crippen molar-refractivity contribution in [2.75, 3.05) is 33.3 Å². The van der Waals surface area contributed by atoms with E-state index in [4.69, 9.17) is 4.42 Å². The monoisotopic (exact) mass is 355 g/mol. The molecule has 1 aliphatic heterocycles. The van der Waals surface area contributed by atoms with Crippen molar-refractivity contribution in [2.45, 2.75) is 11.3 Å². The van der Waals surface area contributed by atoms with E-state index in [0.717, 1.165) is 0 Å². The third-order valence-electron chi connectivity index (χ3n) is 3.92. The van der Waals surface area contributed by atoms with E-state index in [-0.39, 0.29) is 23.6 Å². The predicted octanol–water partition coefficient (Wildman–Crippen LogP) is 0.584. The Bertz CT molecular complexity index is 916. The molecule has 0 saturated carbocycles. The number of ether oxygens (including phenoxy) is 1. The van der Waals surface area contributed by atoms with Gasteiger partial charge in [0.25, 0.3) is 0 Å². The summed E-state index contributed by atoms with van der Waals surface area (Å²) in [6, 6.07) is 4.24. The number of carbonyl (C=O) groups excluding carboxylic acids is 1. The fourth-order valence-electron chi connectivity index (χ4n) is 2.68. The van der Waals surface area contributed by atoms with Gasteiger partial charge in [-0.1, -0.05) is 0 Å². The molecule has 1 amide bonds. The molecule has 1 aliphatic rings. The number of carbonyl (C=O) groups is 1. The maximum atomic E-state index is 12.8. The Morgan fingerprint density at radius 1 is 1.25 bits per heavy atom. The predicted molar refractivity (Wildman–Crippen MR) is 84.2 cm³/mol. The second-order valence-electron chi connectivity index (χ2n) is 5.39. The number of hydrogen-bond acceptors (Lipinski definition) is 6. The number of benzene rings is 1. The molecule has 1 saturated heterocycles. The highest BCUT2D eigenvalue weighted by Crippen LogP contribution is 2.21. The van der Waals surface area contributed by atoms with Gasteiger partial charge in [0.1, 0.15) is 0 Å². The first kappa shape index (κ1) is 16.5. The van der Waals surface area contributed by atoms with Crippen molar-refractivity contribution in [3.63, 3.8) is 0 Å². The molecule has 0 unspecified atom stereocenters. The first-order valence-electron chi connectivity index (χ1n) is 7.38. The summed E-state index contributed by atoms with van der Waals surface area (Å²) in [5, 5.41) is 0. The van der Waals surface area contributed by atoms with Crippen molar-refractivity contribution in [3.05, 3.63) is 28.7 Å². The maximum absolute atomic E-state index is 12.8. The number of H-pyrrole nitrogens is 1. The van der Waals surface area contributed by atoms with Crippen LogP contribution in [0.25, 0.3) is 11.1 Å². The molecule has 0 bridgehead atoms. The van der Waals surface area contributed by atoms with E-state index < -0.39 is 21.9 Å². The lowest BCUT2D eigenvalue weighted by Crippen LogP contribution is -2.37. The van der Waals surface area contributed by atoms with E-state index in [1.165, 1.54) is 34.5 Å². The molecule has 1 aromatic heterocycles. The van der Waals surface area contributed by atoms with Crippen LogP contribution in [0.5, 0.6) is 0 Å². The van der Waals surface area contributed by atoms with Crippen LogP contribution >= 0.6 is 0 Å². The lowest BCUT2D eigenvalue weighted by Gasteiger charge is -2.21. The van der Waals surface area contributed by atoms with Gasteiger partial charge in [0.15, 0.2) is 5.58 Å². The van der Waals surface area contributed by atoms with Crippen molar-refractivity contribution in [2.24, 2.45) is 0 Å². The Morgan fingerprint density at radius 2 is 2.04 bits per heavy atom. The first-order valence-corrected chi connectivity index (χ1v) is 8.82. The summed E-state index contributed by atoms with van der Waals surface area (Å²) in [4.78, 5) is 26.8. The number of amides is 1. The van der Waals surface area contributed by atoms with E-state index in [0.29, 0.717) is 25.0 Å². The van der Waals surface area contributed by atoms with Gasteiger partial charge in [0.05, 0.1) is 17.5 Å². The van der Waals surface area contributed by atoms with Crippen LogP contribution in [0.3, 0.4) is 0 Å². The van der Waals surface area contributed by atoms with Crippen molar-refractivity contribution in [3.8, 4) is 0 Å². The molecule has 24 heavy (non-hydrogen) atoms. The largest absolute Gasteiger partial charge is 0.453 e. The quantitative estimate of drug-likeness (QED) is 0.843. The molecule has 0 radical (unpaired) electrons. The number of hydrogen-bond donors (Lipinski definition) is 1. The molecule has 1 N–H and O–H groups in total. The molecule has 1 aromatic carbocycles. The Balaban J connectivity index is 1.86. The number of nitrogens with one attached hydrogen (secondary N) is 1. The second kappa shape index (κ2) is 6.29. The SMILES string of the molecule is COC(=O)N1CCCN(S(=O)(=O)c2ccc3[nH]c(=O)oc3c2)CC1. The van der Waals surface area contributed by atoms with Crippen LogP contribution in [0.1, 0.15) is 6.42 Å². The van der Waals surface area contributed by atoms with Gasteiger partial charge in [0.2, 0.25) is 10.0 Å². The van der Waals surface area contributed by atoms with Crippen LogP contribution in [0.2, 0.25) is 0 Å². The van der Waals surface area contributed by atoms with Crippen LogP contribution in [0, 0.1) is 0 Å². The van der Waals surface area contributed by atoms with Gasteiger partial charge in [-0.25, -0.2) is 18.0 Å². The van der Waals surface area contributed by atoms with Crippen LogP contribution in [-0.2, 0) is 14.8 Å². The van der Waals surface area contributed by atoms with Crippen LogP contribution in [0.15, 0.2) is 32.3 Å². The van der Waals surface area contributed by atoms with Crippen molar-refractivity contribution >= 4 is 27.2 Å². The molecular formula is C14H17N3O6S. The molecule has 10 heteroatoms. The summed E-state index contributed by atoms with van der Waals surface area (Å²) in [6.45, 7) is 1.16. The number of sulfonamides is 1. The zero-order valence-electron chi connectivity index (χ0n) is 13.0. The van der Waals surface area contributed by atoms with E-state index >= 15 is 0 Å². The minimum Gasteiger partial charge on any atom is -0.453 e. The average molecular weight is 355 g/mol. The molecule has 130 valence electrons. The molecule has 1 fully saturated rings. The Hall–Kier alpha value is -2.33. The van der Waals surface area contributed by atoms with Gasteiger partial charge in [-0.05, 0) is 18.6 Å². The molecule has 3 rings (SSSR count). The van der Waals surface area contributed by atoms with Crippen LogP contribution in [-0.4, -0.2) is 62.0 Å². The smallest absolute Gasteiger partial charge is 0.417 e. The average Bonchev–Trinajstić information content (AvgIpc) is 2.77. The van der Waals surface area contributed by atoms with Crippen LogP contribution in [0.4, 0.5) is 4.79 Å². The van der Waals surface area contributed by atoms with Crippen molar-refractivity contribution < 1.29 is 22.4 Å². The third kappa shape index (κ3) is 3.02. The number of fused-ring (bicyclic) bond motifs is 1. The van der Waals surface area contributed by atoms with Gasteiger partial charge < -0.3 is 14.1 Å². The summed E-state index contributed by atoms with van der Waals surface area (Å²) in [6.07, 6.45) is 0.0419. The molecule has 0 aliphatic carbocycles. The van der Waals surface area contributed by atoms with Gasteiger partial charge in [-0.3, -0.25) is 4.98 Å². The van der Waals surface area contributed by atoms with Gasteiger partial charge in [-0.2, -0.15) is 4.31 Å². The number of oxazole rings is 1. The fraction of sp³-hybridized carbons (Fsp3) is 0.429. The standard InChI is InChI=1S/C14H17N3O6S/c1-22-14(19)16-5-2-6-17(8-7-16)24(20,21)10-3-4-11-12(9-10)23-13(18)15-11/h3-4,9H,2,5-8H2,1H3,(H,15,18). The molecule has 0 atom stereocenters. The number of rotatable bonds is 2. The summed E-state index contributed by atoms with van der Waals surface area (Å²) >= 11 is 0. The summed E-state index contributed by atoms with van der Waals surface area (Å²) < 4.78 is 36.5. The summed E-state index contributed by atoms with van der Waals surface area (Å²) in [5.74, 6) is -0.636. The Morgan fingerprint density at radius 3 is 2.79 bits per heavy atom. The van der Waals surface area contributed by atoms with Crippen molar-refractivity contribution in [1.29, 1.82) is 0 Å². The Kier molecular flexibility index (Phi) is 4.33. The van der Waals surface area contributed by atoms with Crippen LogP contribution < -0.4 is 5.76 Å². The summed E-state index contributed by atoms with van der Waals surface area (Å²) in [7, 11) is -2.45. The van der Waals surface area contributed by atoms with Gasteiger partial charge in [-0.15, -0.1) is 0 Å². The molecule has 9 nitrogen and oxygen atoms in total. The lowest BCUT2D eigenvalue weighted by atomic mass is 10.3. The van der Waals surface area contributed by atoms with E-state index in [1.54, 1.807) is 0 Å². The fourth-order valence-corrected chi connectivity index (χ4v) is 4.17. The minimum atomic E-state index is -3.74. The topological polar surface area (TPSA) is 113 Å². The number of nitrogens with zero attached hydrogens (tertiary/aromatic N) is 2. The molecule has 0 spiro atoms. The number of aromatic nitrogens is 1. The zero-order chi connectivity index (χ0) is 17.3. The van der Waals surface area contributed by atoms with E-state index in [2.05, 4.69) is 9.72 Å². The highest BCUT2D eigenvalue weighted by molar-refractivity contribution is 7.89. The second-order valence-corrected chi connectivity index (χ2v) is 7.33. The molecular weight excluding hydrogens is 338 g/mol. The zero-order valence-corrected chi connectivity index (χ0v) is 13.8. The van der Waals surface area contributed by atoms with E-state index in [1.807, 2.05) is 0 Å². The normalized spacial score (nSPS) is 17.0. The lowest BCUT2D eigenvalue weighted by molar-refractivity contribution is 0.126.